The molecule has 6 heteroatoms. The van der Waals surface area contributed by atoms with E-state index in [2.05, 4.69) is 17.4 Å². The number of carbonyl (C=O) groups is 1. The molecule has 1 heterocycles. The van der Waals surface area contributed by atoms with Gasteiger partial charge in [0.15, 0.2) is 5.84 Å². The Labute approximate surface area is 118 Å². The minimum atomic E-state index is -0.815. The number of hydrogen-bond donors (Lipinski definition) is 3. The van der Waals surface area contributed by atoms with Crippen LogP contribution in [0.15, 0.2) is 5.16 Å². The smallest absolute Gasteiger partial charge is 0.234 e. The van der Waals surface area contributed by atoms with Gasteiger partial charge in [-0.25, -0.2) is 0 Å². The Bertz CT molecular complexity index is 427. The van der Waals surface area contributed by atoms with Gasteiger partial charge in [-0.3, -0.25) is 4.79 Å². The molecule has 0 aromatic rings. The highest BCUT2D eigenvalue weighted by atomic mass is 16.5. The minimum Gasteiger partial charge on any atom is -0.409 e. The Morgan fingerprint density at radius 1 is 1.40 bits per heavy atom. The van der Waals surface area contributed by atoms with Gasteiger partial charge in [0.2, 0.25) is 5.91 Å². The first-order chi connectivity index (χ1) is 9.56. The van der Waals surface area contributed by atoms with E-state index in [1.54, 1.807) is 0 Å². The van der Waals surface area contributed by atoms with Gasteiger partial charge in [0.05, 0.1) is 12.1 Å². The lowest BCUT2D eigenvalue weighted by atomic mass is 9.61. The summed E-state index contributed by atoms with van der Waals surface area (Å²) >= 11 is 0. The van der Waals surface area contributed by atoms with Crippen LogP contribution in [0.1, 0.15) is 39.0 Å². The normalized spacial score (nSPS) is 41.2. The van der Waals surface area contributed by atoms with Crippen LogP contribution in [0, 0.1) is 17.3 Å². The first-order valence-corrected chi connectivity index (χ1v) is 7.47. The second kappa shape index (κ2) is 4.91. The molecular formula is C14H23N3O3. The number of nitrogens with one attached hydrogen (secondary N) is 1. The van der Waals surface area contributed by atoms with Crippen LogP contribution in [0.25, 0.3) is 0 Å². The first-order valence-electron chi connectivity index (χ1n) is 7.47. The third kappa shape index (κ3) is 2.16. The van der Waals surface area contributed by atoms with E-state index in [1.807, 2.05) is 0 Å². The first kappa shape index (κ1) is 13.7. The summed E-state index contributed by atoms with van der Waals surface area (Å²) < 4.78 is 5.74. The molecule has 3 aliphatic rings. The van der Waals surface area contributed by atoms with E-state index in [1.165, 1.54) is 12.8 Å². The summed E-state index contributed by atoms with van der Waals surface area (Å²) in [6.45, 7) is 2.78. The third-order valence-corrected chi connectivity index (χ3v) is 4.97. The third-order valence-electron chi connectivity index (χ3n) is 4.97. The van der Waals surface area contributed by atoms with Crippen LogP contribution < -0.4 is 11.1 Å². The summed E-state index contributed by atoms with van der Waals surface area (Å²) in [5, 5.41) is 15.1. The zero-order valence-electron chi connectivity index (χ0n) is 11.8. The van der Waals surface area contributed by atoms with Crippen molar-refractivity contribution < 1.29 is 14.7 Å². The molecule has 20 heavy (non-hydrogen) atoms. The molecule has 112 valence electrons. The molecule has 1 saturated heterocycles. The highest BCUT2D eigenvalue weighted by molar-refractivity contribution is 6.07. The second-order valence-corrected chi connectivity index (χ2v) is 6.62. The van der Waals surface area contributed by atoms with Gasteiger partial charge < -0.3 is 21.0 Å². The SMILES string of the molecule is CC1CC(C(=O)NC2CCOC2C2CC2)(C(N)=NO)C1. The molecule has 0 aromatic heterocycles. The van der Waals surface area contributed by atoms with E-state index < -0.39 is 5.41 Å². The van der Waals surface area contributed by atoms with Crippen LogP contribution in [0.5, 0.6) is 0 Å². The van der Waals surface area contributed by atoms with Crippen LogP contribution in [-0.4, -0.2) is 35.7 Å². The summed E-state index contributed by atoms with van der Waals surface area (Å²) in [4.78, 5) is 12.6. The molecule has 0 aromatic carbocycles. The molecule has 2 unspecified atom stereocenters. The number of nitrogens with two attached hydrogens (primary N) is 1. The lowest BCUT2D eigenvalue weighted by molar-refractivity contribution is -0.134. The summed E-state index contributed by atoms with van der Waals surface area (Å²) in [6, 6.07) is 0.0780. The summed E-state index contributed by atoms with van der Waals surface area (Å²) in [7, 11) is 0. The molecule has 2 saturated carbocycles. The maximum Gasteiger partial charge on any atom is 0.234 e. The van der Waals surface area contributed by atoms with Crippen molar-refractivity contribution in [1.29, 1.82) is 0 Å². The van der Waals surface area contributed by atoms with E-state index in [0.29, 0.717) is 31.3 Å². The predicted octanol–water partition coefficient (Wildman–Crippen LogP) is 0.833. The van der Waals surface area contributed by atoms with Crippen molar-refractivity contribution in [2.45, 2.75) is 51.2 Å². The molecule has 0 spiro atoms. The molecule has 2 aliphatic carbocycles. The average molecular weight is 281 g/mol. The van der Waals surface area contributed by atoms with Crippen molar-refractivity contribution in [3.05, 3.63) is 0 Å². The van der Waals surface area contributed by atoms with Crippen LogP contribution >= 0.6 is 0 Å². The number of carbonyl (C=O) groups excluding carboxylic acids is 1. The fourth-order valence-electron chi connectivity index (χ4n) is 3.70. The van der Waals surface area contributed by atoms with Crippen LogP contribution in [0.4, 0.5) is 0 Å². The Balaban J connectivity index is 1.68. The second-order valence-electron chi connectivity index (χ2n) is 6.62. The number of oxime groups is 1. The molecule has 6 nitrogen and oxygen atoms in total. The molecule has 3 fully saturated rings. The van der Waals surface area contributed by atoms with Crippen LogP contribution in [0.3, 0.4) is 0 Å². The lowest BCUT2D eigenvalue weighted by Gasteiger charge is -2.44. The number of hydrogen-bond acceptors (Lipinski definition) is 4. The topological polar surface area (TPSA) is 96.9 Å². The number of nitrogens with zero attached hydrogens (tertiary/aromatic N) is 1. The summed E-state index contributed by atoms with van der Waals surface area (Å²) in [6.07, 6.45) is 4.70. The minimum absolute atomic E-state index is 0.0370. The zero-order chi connectivity index (χ0) is 14.3. The van der Waals surface area contributed by atoms with E-state index in [0.717, 1.165) is 6.42 Å². The zero-order valence-corrected chi connectivity index (χ0v) is 11.8. The fraction of sp³-hybridized carbons (Fsp3) is 0.857. The van der Waals surface area contributed by atoms with E-state index in [9.17, 15) is 4.79 Å². The standard InChI is InChI=1S/C14H23N3O3/c1-8-6-14(7-8,12(15)17-19)13(18)16-10-4-5-20-11(10)9-2-3-9/h8-11,19H,2-7H2,1H3,(H2,15,17)(H,16,18). The van der Waals surface area contributed by atoms with Crippen LogP contribution in [-0.2, 0) is 9.53 Å². The van der Waals surface area contributed by atoms with Gasteiger partial charge >= 0.3 is 0 Å². The van der Waals surface area contributed by atoms with Gasteiger partial charge in [-0.15, -0.1) is 0 Å². The predicted molar refractivity (Wildman–Crippen MR) is 73.3 cm³/mol. The largest absolute Gasteiger partial charge is 0.409 e. The average Bonchev–Trinajstić information content (AvgIpc) is 3.14. The Morgan fingerprint density at radius 3 is 2.65 bits per heavy atom. The molecule has 1 amide bonds. The highest BCUT2D eigenvalue weighted by Crippen LogP contribution is 2.46. The Hall–Kier alpha value is -1.30. The van der Waals surface area contributed by atoms with Gasteiger partial charge in [0.1, 0.15) is 5.41 Å². The molecule has 0 radical (unpaired) electrons. The maximum absolute atomic E-state index is 12.6. The van der Waals surface area contributed by atoms with Crippen molar-refractivity contribution in [3.63, 3.8) is 0 Å². The number of amidine groups is 1. The summed E-state index contributed by atoms with van der Waals surface area (Å²) in [5.41, 5.74) is 4.95. The molecule has 1 aliphatic heterocycles. The van der Waals surface area contributed by atoms with Gasteiger partial charge in [-0.1, -0.05) is 12.1 Å². The number of amides is 1. The van der Waals surface area contributed by atoms with Crippen molar-refractivity contribution in [2.24, 2.45) is 28.1 Å². The van der Waals surface area contributed by atoms with Crippen molar-refractivity contribution in [3.8, 4) is 0 Å². The molecule has 0 bridgehead atoms. The van der Waals surface area contributed by atoms with Crippen LogP contribution in [0.2, 0.25) is 0 Å². The van der Waals surface area contributed by atoms with Gasteiger partial charge in [0, 0.05) is 6.61 Å². The number of rotatable bonds is 4. The van der Waals surface area contributed by atoms with E-state index in [4.69, 9.17) is 15.7 Å². The van der Waals surface area contributed by atoms with Gasteiger partial charge in [0.25, 0.3) is 0 Å². The van der Waals surface area contributed by atoms with Gasteiger partial charge in [-0.05, 0) is 43.9 Å². The molecule has 3 rings (SSSR count). The summed E-state index contributed by atoms with van der Waals surface area (Å²) in [5.74, 6) is 0.963. The number of ether oxygens (including phenoxy) is 1. The quantitative estimate of drug-likeness (QED) is 0.308. The van der Waals surface area contributed by atoms with Gasteiger partial charge in [-0.2, -0.15) is 0 Å². The maximum atomic E-state index is 12.6. The van der Waals surface area contributed by atoms with Crippen molar-refractivity contribution in [1.82, 2.24) is 5.32 Å². The highest BCUT2D eigenvalue weighted by Gasteiger charge is 2.53. The van der Waals surface area contributed by atoms with Crippen molar-refractivity contribution >= 4 is 11.7 Å². The molecule has 4 N–H and O–H groups in total. The Kier molecular flexibility index (Phi) is 3.36. The lowest BCUT2D eigenvalue weighted by Crippen LogP contribution is -2.59. The van der Waals surface area contributed by atoms with E-state index >= 15 is 0 Å². The molecular weight excluding hydrogens is 258 g/mol. The van der Waals surface area contributed by atoms with E-state index in [-0.39, 0.29) is 23.9 Å². The fourth-order valence-corrected chi connectivity index (χ4v) is 3.70. The monoisotopic (exact) mass is 281 g/mol. The molecule has 2 atom stereocenters. The Morgan fingerprint density at radius 2 is 2.10 bits per heavy atom. The van der Waals surface area contributed by atoms with Crippen molar-refractivity contribution in [2.75, 3.05) is 6.61 Å².